The van der Waals surface area contributed by atoms with E-state index in [0.717, 1.165) is 37.9 Å². The molecule has 2 aromatic carbocycles. The fraction of sp³-hybridized carbons (Fsp3) is 0.316. The van der Waals surface area contributed by atoms with E-state index in [-0.39, 0.29) is 0 Å². The highest BCUT2D eigenvalue weighted by Gasteiger charge is 2.31. The summed E-state index contributed by atoms with van der Waals surface area (Å²) in [4.78, 5) is 13.6. The smallest absolute Gasteiger partial charge is 0.416 e. The van der Waals surface area contributed by atoms with E-state index in [0.29, 0.717) is 16.7 Å². The fourth-order valence-electron chi connectivity index (χ4n) is 3.03. The van der Waals surface area contributed by atoms with Crippen LogP contribution >= 0.6 is 0 Å². The molecule has 1 heterocycles. The molecule has 1 aliphatic rings. The number of halogens is 3. The summed E-state index contributed by atoms with van der Waals surface area (Å²) in [6, 6.07) is 10.2. The number of esters is 1. The summed E-state index contributed by atoms with van der Waals surface area (Å²) in [6.45, 7) is 3.00. The number of benzene rings is 2. The van der Waals surface area contributed by atoms with Crippen LogP contribution in [0.2, 0.25) is 0 Å². The molecular weight excluding hydrogens is 345 g/mol. The number of piperazine rings is 1. The Morgan fingerprint density at radius 1 is 1.08 bits per heavy atom. The average molecular weight is 364 g/mol. The van der Waals surface area contributed by atoms with Gasteiger partial charge in [-0.3, -0.25) is 0 Å². The van der Waals surface area contributed by atoms with Crippen LogP contribution in [-0.2, 0) is 10.9 Å². The van der Waals surface area contributed by atoms with Crippen molar-refractivity contribution < 1.29 is 22.7 Å². The van der Waals surface area contributed by atoms with E-state index in [4.69, 9.17) is 0 Å². The van der Waals surface area contributed by atoms with E-state index in [2.05, 4.69) is 15.0 Å². The molecule has 26 heavy (non-hydrogen) atoms. The zero-order valence-electron chi connectivity index (χ0n) is 14.3. The summed E-state index contributed by atoms with van der Waals surface area (Å²) in [6.07, 6.45) is -4.41. The number of hydrogen-bond donors (Lipinski definition) is 1. The number of nitrogens with zero attached hydrogens (tertiary/aromatic N) is 1. The van der Waals surface area contributed by atoms with Gasteiger partial charge in [0.25, 0.3) is 0 Å². The Balaban J connectivity index is 2.05. The first-order chi connectivity index (χ1) is 12.4. The van der Waals surface area contributed by atoms with Crippen LogP contribution < -0.4 is 10.2 Å². The van der Waals surface area contributed by atoms with Crippen molar-refractivity contribution in [1.29, 1.82) is 0 Å². The van der Waals surface area contributed by atoms with E-state index in [1.54, 1.807) is 24.3 Å². The predicted octanol–water partition coefficient (Wildman–Crippen LogP) is 3.57. The highest BCUT2D eigenvalue weighted by atomic mass is 19.4. The lowest BCUT2D eigenvalue weighted by Crippen LogP contribution is -2.43. The normalized spacial score (nSPS) is 15.0. The minimum Gasteiger partial charge on any atom is -0.465 e. The van der Waals surface area contributed by atoms with Crippen LogP contribution in [0.3, 0.4) is 0 Å². The van der Waals surface area contributed by atoms with Crippen LogP contribution in [0.4, 0.5) is 18.9 Å². The maximum Gasteiger partial charge on any atom is 0.416 e. The van der Waals surface area contributed by atoms with Gasteiger partial charge in [-0.05, 0) is 35.9 Å². The molecule has 0 spiro atoms. The quantitative estimate of drug-likeness (QED) is 0.846. The molecule has 0 aromatic heterocycles. The fourth-order valence-corrected chi connectivity index (χ4v) is 3.03. The van der Waals surface area contributed by atoms with E-state index < -0.39 is 17.7 Å². The lowest BCUT2D eigenvalue weighted by Gasteiger charge is -2.31. The van der Waals surface area contributed by atoms with E-state index in [1.165, 1.54) is 19.2 Å². The molecule has 0 saturated carbocycles. The molecule has 7 heteroatoms. The molecular formula is C19H19F3N2O2. The van der Waals surface area contributed by atoms with Crippen molar-refractivity contribution >= 4 is 11.7 Å². The van der Waals surface area contributed by atoms with Gasteiger partial charge in [0.2, 0.25) is 0 Å². The molecule has 0 atom stereocenters. The van der Waals surface area contributed by atoms with Crippen molar-refractivity contribution in [3.63, 3.8) is 0 Å². The zero-order chi connectivity index (χ0) is 18.7. The van der Waals surface area contributed by atoms with Crippen molar-refractivity contribution in [2.45, 2.75) is 6.18 Å². The van der Waals surface area contributed by atoms with Gasteiger partial charge in [0, 0.05) is 37.4 Å². The molecule has 0 aliphatic carbocycles. The highest BCUT2D eigenvalue weighted by Crippen LogP contribution is 2.37. The number of carbonyl (C=O) groups is 1. The molecule has 2 aromatic rings. The third kappa shape index (κ3) is 3.83. The van der Waals surface area contributed by atoms with Crippen LogP contribution in [0, 0.1) is 0 Å². The van der Waals surface area contributed by atoms with Gasteiger partial charge >= 0.3 is 12.1 Å². The number of anilines is 1. The van der Waals surface area contributed by atoms with E-state index in [1.807, 2.05) is 0 Å². The monoisotopic (exact) mass is 364 g/mol. The first kappa shape index (κ1) is 18.3. The van der Waals surface area contributed by atoms with Crippen molar-refractivity contribution in [3.05, 3.63) is 53.6 Å². The molecule has 0 amide bonds. The summed E-state index contributed by atoms with van der Waals surface area (Å²) in [5.74, 6) is -0.483. The topological polar surface area (TPSA) is 41.6 Å². The first-order valence-electron chi connectivity index (χ1n) is 8.26. The van der Waals surface area contributed by atoms with Gasteiger partial charge in [0.05, 0.1) is 18.2 Å². The predicted molar refractivity (Wildman–Crippen MR) is 93.3 cm³/mol. The van der Waals surface area contributed by atoms with Gasteiger partial charge in [0.15, 0.2) is 0 Å². The number of methoxy groups -OCH3 is 1. The maximum absolute atomic E-state index is 13.2. The second kappa shape index (κ2) is 7.37. The largest absolute Gasteiger partial charge is 0.465 e. The summed E-state index contributed by atoms with van der Waals surface area (Å²) in [5.41, 5.74) is 1.54. The Hall–Kier alpha value is -2.54. The molecule has 1 fully saturated rings. The molecule has 0 unspecified atom stereocenters. The van der Waals surface area contributed by atoms with Crippen LogP contribution in [0.1, 0.15) is 15.9 Å². The highest BCUT2D eigenvalue weighted by molar-refractivity contribution is 5.90. The maximum atomic E-state index is 13.2. The Morgan fingerprint density at radius 3 is 2.31 bits per heavy atom. The number of ether oxygens (including phenoxy) is 1. The van der Waals surface area contributed by atoms with Crippen LogP contribution in [-0.4, -0.2) is 39.3 Å². The lowest BCUT2D eigenvalue weighted by molar-refractivity contribution is -0.137. The van der Waals surface area contributed by atoms with E-state index in [9.17, 15) is 18.0 Å². The van der Waals surface area contributed by atoms with Gasteiger partial charge in [0.1, 0.15) is 0 Å². The average Bonchev–Trinajstić information content (AvgIpc) is 2.67. The number of rotatable bonds is 3. The third-order valence-corrected chi connectivity index (χ3v) is 4.40. The van der Waals surface area contributed by atoms with Gasteiger partial charge < -0.3 is 15.0 Å². The minimum absolute atomic E-state index is 0.354. The number of alkyl halides is 3. The molecule has 0 bridgehead atoms. The van der Waals surface area contributed by atoms with Gasteiger partial charge in [-0.1, -0.05) is 12.1 Å². The molecule has 138 valence electrons. The van der Waals surface area contributed by atoms with Crippen molar-refractivity contribution in [3.8, 4) is 11.1 Å². The Labute approximate surface area is 149 Å². The molecule has 1 N–H and O–H groups in total. The lowest BCUT2D eigenvalue weighted by atomic mass is 9.98. The van der Waals surface area contributed by atoms with Crippen LogP contribution in [0.25, 0.3) is 11.1 Å². The Morgan fingerprint density at radius 2 is 1.73 bits per heavy atom. The molecule has 4 nitrogen and oxygen atoms in total. The molecule has 3 rings (SSSR count). The van der Waals surface area contributed by atoms with E-state index >= 15 is 0 Å². The van der Waals surface area contributed by atoms with Crippen molar-refractivity contribution in [2.24, 2.45) is 0 Å². The summed E-state index contributed by atoms with van der Waals surface area (Å²) in [7, 11) is 1.28. The second-order valence-electron chi connectivity index (χ2n) is 6.04. The van der Waals surface area contributed by atoms with Gasteiger partial charge in [-0.2, -0.15) is 13.2 Å². The number of nitrogens with one attached hydrogen (secondary N) is 1. The van der Waals surface area contributed by atoms with Crippen molar-refractivity contribution in [1.82, 2.24) is 5.32 Å². The minimum atomic E-state index is -4.41. The Kier molecular flexibility index (Phi) is 5.18. The van der Waals surface area contributed by atoms with Crippen LogP contribution in [0.15, 0.2) is 42.5 Å². The molecule has 1 saturated heterocycles. The SMILES string of the molecule is COC(=O)c1ccc(-c2cc(C(F)(F)F)ccc2N2CCNCC2)cc1. The van der Waals surface area contributed by atoms with Crippen LogP contribution in [0.5, 0.6) is 0 Å². The first-order valence-corrected chi connectivity index (χ1v) is 8.26. The van der Waals surface area contributed by atoms with Crippen molar-refractivity contribution in [2.75, 3.05) is 38.2 Å². The van der Waals surface area contributed by atoms with Gasteiger partial charge in [-0.15, -0.1) is 0 Å². The second-order valence-corrected chi connectivity index (χ2v) is 6.04. The molecule has 0 radical (unpaired) electrons. The summed E-state index contributed by atoms with van der Waals surface area (Å²) < 4.78 is 44.2. The molecule has 1 aliphatic heterocycles. The zero-order valence-corrected chi connectivity index (χ0v) is 14.3. The summed E-state index contributed by atoms with van der Waals surface area (Å²) in [5, 5.41) is 3.23. The van der Waals surface area contributed by atoms with Gasteiger partial charge in [-0.25, -0.2) is 4.79 Å². The summed E-state index contributed by atoms with van der Waals surface area (Å²) >= 11 is 0. The number of carbonyl (C=O) groups excluding carboxylic acids is 1. The standard InChI is InChI=1S/C19H19F3N2O2/c1-26-18(25)14-4-2-13(3-5-14)16-12-15(19(20,21)22)6-7-17(16)24-10-8-23-9-11-24/h2-7,12,23H,8-11H2,1H3. The third-order valence-electron chi connectivity index (χ3n) is 4.40. The Bertz CT molecular complexity index is 782. The number of hydrogen-bond acceptors (Lipinski definition) is 4.